The van der Waals surface area contributed by atoms with Gasteiger partial charge in [0.05, 0.1) is 5.02 Å². The van der Waals surface area contributed by atoms with Crippen LogP contribution in [0.5, 0.6) is 5.75 Å². The number of nitrogens with one attached hydrogen (secondary N) is 1. The summed E-state index contributed by atoms with van der Waals surface area (Å²) < 4.78 is 33.1. The molecule has 24 heavy (non-hydrogen) atoms. The molecule has 1 aliphatic rings. The maximum Gasteiger partial charge on any atom is 0.263 e. The van der Waals surface area contributed by atoms with E-state index in [0.29, 0.717) is 17.0 Å². The van der Waals surface area contributed by atoms with Gasteiger partial charge in [0.25, 0.3) is 10.0 Å². The number of ether oxygens (including phenoxy) is 1. The number of halogens is 1. The van der Waals surface area contributed by atoms with Gasteiger partial charge in [0.15, 0.2) is 5.78 Å². The average molecular weight is 366 g/mol. The fourth-order valence-corrected chi connectivity index (χ4v) is 4.11. The summed E-state index contributed by atoms with van der Waals surface area (Å²) in [6.45, 7) is 3.80. The fourth-order valence-electron chi connectivity index (χ4n) is 2.49. The molecule has 0 bridgehead atoms. The van der Waals surface area contributed by atoms with Gasteiger partial charge in [-0.25, -0.2) is 8.42 Å². The predicted molar refractivity (Wildman–Crippen MR) is 92.4 cm³/mol. The molecule has 0 saturated carbocycles. The minimum absolute atomic E-state index is 0.0568. The van der Waals surface area contributed by atoms with Crippen LogP contribution in [0.2, 0.25) is 5.02 Å². The molecule has 1 aliphatic heterocycles. The SMILES string of the molecule is Cc1ccc(NS(=O)(=O)c2cc3c(cc2Cl)CC(=O)CO3)cc1C. The fraction of sp³-hybridized carbons (Fsp3) is 0.235. The van der Waals surface area contributed by atoms with Gasteiger partial charge in [-0.1, -0.05) is 17.7 Å². The number of carbonyl (C=O) groups is 1. The van der Waals surface area contributed by atoms with Crippen LogP contribution in [0.1, 0.15) is 16.7 Å². The van der Waals surface area contributed by atoms with E-state index in [-0.39, 0.29) is 28.7 Å². The normalized spacial score (nSPS) is 14.0. The second-order valence-electron chi connectivity index (χ2n) is 5.80. The minimum Gasteiger partial charge on any atom is -0.485 e. The van der Waals surface area contributed by atoms with Gasteiger partial charge in [0, 0.05) is 23.7 Å². The Labute approximate surface area is 145 Å². The maximum atomic E-state index is 12.7. The van der Waals surface area contributed by atoms with Gasteiger partial charge in [0.1, 0.15) is 17.3 Å². The molecule has 126 valence electrons. The van der Waals surface area contributed by atoms with Gasteiger partial charge in [-0.3, -0.25) is 9.52 Å². The molecule has 0 aromatic heterocycles. The third-order valence-corrected chi connectivity index (χ3v) is 5.79. The lowest BCUT2D eigenvalue weighted by atomic mass is 10.1. The largest absolute Gasteiger partial charge is 0.485 e. The third kappa shape index (κ3) is 3.25. The summed E-state index contributed by atoms with van der Waals surface area (Å²) in [5.41, 5.74) is 3.11. The molecule has 0 radical (unpaired) electrons. The highest BCUT2D eigenvalue weighted by atomic mass is 35.5. The molecule has 0 aliphatic carbocycles. The second-order valence-corrected chi connectivity index (χ2v) is 7.86. The first-order chi connectivity index (χ1) is 11.3. The van der Waals surface area contributed by atoms with Crippen LogP contribution >= 0.6 is 11.6 Å². The van der Waals surface area contributed by atoms with Gasteiger partial charge >= 0.3 is 0 Å². The Morgan fingerprint density at radius 1 is 1.12 bits per heavy atom. The molecule has 5 nitrogen and oxygen atoms in total. The number of Topliss-reactive ketones (excluding diaryl/α,β-unsaturated/α-hetero) is 1. The van der Waals surface area contributed by atoms with Crippen LogP contribution in [0.15, 0.2) is 35.2 Å². The summed E-state index contributed by atoms with van der Waals surface area (Å²) >= 11 is 6.13. The summed E-state index contributed by atoms with van der Waals surface area (Å²) in [5, 5.41) is 0.0587. The number of aryl methyl sites for hydroxylation is 2. The van der Waals surface area contributed by atoms with Gasteiger partial charge in [0.2, 0.25) is 0 Å². The van der Waals surface area contributed by atoms with Crippen LogP contribution in [0.4, 0.5) is 5.69 Å². The van der Waals surface area contributed by atoms with Crippen molar-refractivity contribution >= 4 is 33.1 Å². The standard InChI is InChI=1S/C17H16ClNO4S/c1-10-3-4-13(5-11(10)2)19-24(21,22)17-8-16-12(7-15(17)18)6-14(20)9-23-16/h3-5,7-8,19H,6,9H2,1-2H3. The molecular weight excluding hydrogens is 350 g/mol. The molecule has 1 heterocycles. The average Bonchev–Trinajstić information content (AvgIpc) is 2.49. The van der Waals surface area contributed by atoms with E-state index < -0.39 is 10.0 Å². The summed E-state index contributed by atoms with van der Waals surface area (Å²) in [7, 11) is -3.87. The van der Waals surface area contributed by atoms with E-state index in [1.807, 2.05) is 19.9 Å². The molecule has 3 rings (SSSR count). The van der Waals surface area contributed by atoms with Crippen molar-refractivity contribution in [3.8, 4) is 5.75 Å². The van der Waals surface area contributed by atoms with E-state index >= 15 is 0 Å². The Morgan fingerprint density at radius 3 is 2.58 bits per heavy atom. The lowest BCUT2D eigenvalue weighted by Crippen LogP contribution is -2.21. The zero-order valence-electron chi connectivity index (χ0n) is 13.2. The zero-order chi connectivity index (χ0) is 17.5. The second kappa shape index (κ2) is 6.11. The molecule has 0 atom stereocenters. The number of hydrogen-bond donors (Lipinski definition) is 1. The first kappa shape index (κ1) is 16.8. The van der Waals surface area contributed by atoms with Crippen LogP contribution in [-0.2, 0) is 21.2 Å². The first-order valence-corrected chi connectivity index (χ1v) is 9.19. The first-order valence-electron chi connectivity index (χ1n) is 7.33. The number of ketones is 1. The quantitative estimate of drug-likeness (QED) is 0.906. The van der Waals surface area contributed by atoms with E-state index in [1.165, 1.54) is 12.1 Å². The van der Waals surface area contributed by atoms with E-state index in [9.17, 15) is 13.2 Å². The number of hydrogen-bond acceptors (Lipinski definition) is 4. The number of benzene rings is 2. The number of rotatable bonds is 3. The molecule has 2 aromatic rings. The Kier molecular flexibility index (Phi) is 4.27. The van der Waals surface area contributed by atoms with Crippen LogP contribution in [-0.4, -0.2) is 20.8 Å². The van der Waals surface area contributed by atoms with Crippen LogP contribution in [0, 0.1) is 13.8 Å². The highest BCUT2D eigenvalue weighted by molar-refractivity contribution is 7.92. The maximum absolute atomic E-state index is 12.7. The monoisotopic (exact) mass is 365 g/mol. The highest BCUT2D eigenvalue weighted by Crippen LogP contribution is 2.33. The van der Waals surface area contributed by atoms with Crippen LogP contribution in [0.3, 0.4) is 0 Å². The summed E-state index contributed by atoms with van der Waals surface area (Å²) in [5.74, 6) is 0.307. The Hall–Kier alpha value is -2.05. The zero-order valence-corrected chi connectivity index (χ0v) is 14.8. The van der Waals surface area contributed by atoms with Crippen LogP contribution in [0.25, 0.3) is 0 Å². The Bertz CT molecular complexity index is 938. The van der Waals surface area contributed by atoms with Crippen molar-refractivity contribution in [1.82, 2.24) is 0 Å². The molecule has 0 unspecified atom stereocenters. The van der Waals surface area contributed by atoms with Gasteiger partial charge in [-0.15, -0.1) is 0 Å². The topological polar surface area (TPSA) is 72.5 Å². The number of anilines is 1. The number of carbonyl (C=O) groups excluding carboxylic acids is 1. The molecule has 1 N–H and O–H groups in total. The van der Waals surface area contributed by atoms with Crippen molar-refractivity contribution in [3.05, 3.63) is 52.0 Å². The van der Waals surface area contributed by atoms with E-state index in [2.05, 4.69) is 4.72 Å². The summed E-state index contributed by atoms with van der Waals surface area (Å²) in [4.78, 5) is 11.3. The molecular formula is C17H16ClNO4S. The van der Waals surface area contributed by atoms with E-state index in [1.54, 1.807) is 12.1 Å². The number of fused-ring (bicyclic) bond motifs is 1. The predicted octanol–water partition coefficient (Wildman–Crippen LogP) is 3.26. The smallest absolute Gasteiger partial charge is 0.263 e. The third-order valence-electron chi connectivity index (χ3n) is 3.94. The molecule has 2 aromatic carbocycles. The molecule has 7 heteroatoms. The minimum atomic E-state index is -3.87. The van der Waals surface area contributed by atoms with Crippen LogP contribution < -0.4 is 9.46 Å². The van der Waals surface area contributed by atoms with Crippen molar-refractivity contribution in [2.45, 2.75) is 25.2 Å². The van der Waals surface area contributed by atoms with E-state index in [4.69, 9.17) is 16.3 Å². The Morgan fingerprint density at radius 2 is 1.88 bits per heavy atom. The molecule has 0 spiro atoms. The summed E-state index contributed by atoms with van der Waals surface area (Å²) in [6, 6.07) is 8.14. The summed E-state index contributed by atoms with van der Waals surface area (Å²) in [6.07, 6.45) is 0.194. The lowest BCUT2D eigenvalue weighted by Gasteiger charge is -2.18. The van der Waals surface area contributed by atoms with Gasteiger partial charge in [-0.2, -0.15) is 0 Å². The van der Waals surface area contributed by atoms with Crippen molar-refractivity contribution < 1.29 is 17.9 Å². The van der Waals surface area contributed by atoms with E-state index in [0.717, 1.165) is 11.1 Å². The van der Waals surface area contributed by atoms with Crippen molar-refractivity contribution in [2.75, 3.05) is 11.3 Å². The van der Waals surface area contributed by atoms with Crippen molar-refractivity contribution in [3.63, 3.8) is 0 Å². The van der Waals surface area contributed by atoms with Crippen molar-refractivity contribution in [2.24, 2.45) is 0 Å². The van der Waals surface area contributed by atoms with Gasteiger partial charge < -0.3 is 4.74 Å². The highest BCUT2D eigenvalue weighted by Gasteiger charge is 2.24. The molecule has 0 fully saturated rings. The molecule has 0 saturated heterocycles. The Balaban J connectivity index is 1.97. The lowest BCUT2D eigenvalue weighted by molar-refractivity contribution is -0.121. The molecule has 0 amide bonds. The number of sulfonamides is 1. The van der Waals surface area contributed by atoms with Crippen molar-refractivity contribution in [1.29, 1.82) is 0 Å². The van der Waals surface area contributed by atoms with Gasteiger partial charge in [-0.05, 0) is 43.2 Å².